The van der Waals surface area contributed by atoms with Crippen molar-refractivity contribution in [2.24, 2.45) is 0 Å². The number of thiophene rings is 1. The highest BCUT2D eigenvalue weighted by Gasteiger charge is 2.29. The summed E-state index contributed by atoms with van der Waals surface area (Å²) in [6.07, 6.45) is 0. The van der Waals surface area contributed by atoms with Gasteiger partial charge in [0.2, 0.25) is 0 Å². The Hall–Kier alpha value is -1.38. The lowest BCUT2D eigenvalue weighted by Gasteiger charge is -2.38. The molecule has 0 spiro atoms. The summed E-state index contributed by atoms with van der Waals surface area (Å²) in [5.74, 6) is 0.949. The van der Waals surface area contributed by atoms with Crippen LogP contribution in [0.1, 0.15) is 41.7 Å². The first-order chi connectivity index (χ1) is 11.5. The third-order valence-electron chi connectivity index (χ3n) is 3.84. The molecule has 0 atom stereocenters. The molecule has 6 nitrogen and oxygen atoms in total. The predicted molar refractivity (Wildman–Crippen MR) is 104 cm³/mol. The summed E-state index contributed by atoms with van der Waals surface area (Å²) < 4.78 is 2.25. The topological polar surface area (TPSA) is 84.1 Å². The number of carbonyl (C=O) groups excluding carboxylic acids is 1. The number of aryl methyl sites for hydroxylation is 2. The van der Waals surface area contributed by atoms with E-state index >= 15 is 0 Å². The molecular formula is C16H25N5OS2. The predicted octanol–water partition coefficient (Wildman–Crippen LogP) is 3.00. The maximum Gasteiger partial charge on any atom is 0.263 e. The molecule has 0 unspecified atom stereocenters. The zero-order valence-corrected chi connectivity index (χ0v) is 16.5. The first-order valence-corrected chi connectivity index (χ1v) is 9.97. The molecular weight excluding hydrogens is 342 g/mol. The van der Waals surface area contributed by atoms with Crippen LogP contribution in [0.3, 0.4) is 0 Å². The normalized spacial score (nSPS) is 14.9. The Morgan fingerprint density at radius 2 is 2.04 bits per heavy atom. The highest BCUT2D eigenvalue weighted by atomic mass is 32.2. The van der Waals surface area contributed by atoms with Crippen molar-refractivity contribution in [3.05, 3.63) is 16.1 Å². The van der Waals surface area contributed by atoms with Crippen LogP contribution >= 0.6 is 23.3 Å². The number of anilines is 1. The van der Waals surface area contributed by atoms with Crippen molar-refractivity contribution in [2.75, 3.05) is 24.6 Å². The molecule has 3 rings (SSSR count). The number of fused-ring (bicyclic) bond motifs is 1. The number of nitrogens with one attached hydrogen (secondary N) is 1. The largest absolute Gasteiger partial charge is 0.397 e. The van der Waals surface area contributed by atoms with Gasteiger partial charge < -0.3 is 11.1 Å². The zero-order valence-electron chi connectivity index (χ0n) is 14.8. The van der Waals surface area contributed by atoms with E-state index in [4.69, 9.17) is 5.73 Å². The minimum Gasteiger partial charge on any atom is -0.397 e. The Morgan fingerprint density at radius 3 is 2.67 bits per heavy atom. The molecule has 0 bridgehead atoms. The number of nitrogen functional groups attached to an aromatic ring is 1. The lowest BCUT2D eigenvalue weighted by atomic mass is 10.1. The van der Waals surface area contributed by atoms with Crippen molar-refractivity contribution >= 4 is 45.1 Å². The van der Waals surface area contributed by atoms with Crippen LogP contribution in [-0.2, 0) is 0 Å². The number of hydrogen-bond acceptors (Lipinski definition) is 7. The van der Waals surface area contributed by atoms with E-state index in [-0.39, 0.29) is 11.9 Å². The molecule has 1 aliphatic heterocycles. The first kappa shape index (κ1) is 19.0. The number of carbonyl (C=O) groups is 1. The van der Waals surface area contributed by atoms with Gasteiger partial charge in [-0.1, -0.05) is 32.7 Å². The Morgan fingerprint density at radius 1 is 1.38 bits per heavy atom. The average Bonchev–Trinajstić information content (AvgIpc) is 2.88. The lowest BCUT2D eigenvalue weighted by molar-refractivity contribution is 0.0906. The maximum atomic E-state index is 12.4. The van der Waals surface area contributed by atoms with Gasteiger partial charge in [-0.2, -0.15) is 5.10 Å². The van der Waals surface area contributed by atoms with E-state index in [0.29, 0.717) is 10.6 Å². The van der Waals surface area contributed by atoms with Crippen LogP contribution in [0, 0.1) is 13.8 Å². The number of rotatable bonds is 4. The molecule has 24 heavy (non-hydrogen) atoms. The molecule has 2 aromatic heterocycles. The third-order valence-corrected chi connectivity index (χ3v) is 5.85. The summed E-state index contributed by atoms with van der Waals surface area (Å²) in [5, 5.41) is 12.2. The van der Waals surface area contributed by atoms with Crippen molar-refractivity contribution in [3.63, 3.8) is 0 Å². The number of aromatic nitrogens is 2. The standard InChI is InChI=1S/C14H19N5OS2.C2H6/c1-4-21-19-5-9(6-19)16-13(20)12-11(15)10-7(2)8(3)17-18-14(10)22-12;1-2/h9H,4-6,15H2,1-3H3,(H,16,20);1-2H3. The molecule has 0 aliphatic carbocycles. The fraction of sp³-hybridized carbons (Fsp3) is 0.562. The van der Waals surface area contributed by atoms with E-state index < -0.39 is 0 Å². The van der Waals surface area contributed by atoms with Crippen LogP contribution in [0.15, 0.2) is 0 Å². The maximum absolute atomic E-state index is 12.4. The van der Waals surface area contributed by atoms with Crippen LogP contribution in [0.4, 0.5) is 5.69 Å². The number of amides is 1. The van der Waals surface area contributed by atoms with Gasteiger partial charge >= 0.3 is 0 Å². The van der Waals surface area contributed by atoms with Crippen molar-refractivity contribution in [1.82, 2.24) is 19.8 Å². The fourth-order valence-corrected chi connectivity index (χ4v) is 4.42. The third kappa shape index (κ3) is 3.65. The van der Waals surface area contributed by atoms with Gasteiger partial charge in [-0.3, -0.25) is 4.79 Å². The second kappa shape index (κ2) is 8.13. The number of hydrogen-bond donors (Lipinski definition) is 2. The van der Waals surface area contributed by atoms with Gasteiger partial charge in [-0.05, 0) is 19.4 Å². The molecule has 1 amide bonds. The SMILES string of the molecule is CC.CCSN1CC(NC(=O)c2sc3nnc(C)c(C)c3c2N)C1. The van der Waals surface area contributed by atoms with Crippen molar-refractivity contribution in [3.8, 4) is 0 Å². The minimum atomic E-state index is -0.108. The second-order valence-corrected chi connectivity index (χ2v) is 7.72. The summed E-state index contributed by atoms with van der Waals surface area (Å²) >= 11 is 3.11. The van der Waals surface area contributed by atoms with Gasteiger partial charge in [-0.25, -0.2) is 4.31 Å². The second-order valence-electron chi connectivity index (χ2n) is 5.37. The van der Waals surface area contributed by atoms with Crippen molar-refractivity contribution in [1.29, 1.82) is 0 Å². The molecule has 1 aliphatic rings. The van der Waals surface area contributed by atoms with Crippen LogP contribution < -0.4 is 11.1 Å². The molecule has 2 aromatic rings. The van der Waals surface area contributed by atoms with E-state index in [2.05, 4.69) is 26.7 Å². The summed E-state index contributed by atoms with van der Waals surface area (Å²) in [6, 6.07) is 0.199. The Balaban J connectivity index is 0.00000100. The molecule has 1 fully saturated rings. The van der Waals surface area contributed by atoms with E-state index in [0.717, 1.165) is 40.3 Å². The van der Waals surface area contributed by atoms with Crippen molar-refractivity contribution < 1.29 is 4.79 Å². The molecule has 132 valence electrons. The van der Waals surface area contributed by atoms with E-state index in [1.807, 2.05) is 27.7 Å². The monoisotopic (exact) mass is 367 g/mol. The van der Waals surface area contributed by atoms with Crippen LogP contribution in [0.5, 0.6) is 0 Å². The summed E-state index contributed by atoms with van der Waals surface area (Å²) in [7, 11) is 0. The molecule has 0 aromatic carbocycles. The van der Waals surface area contributed by atoms with E-state index in [9.17, 15) is 4.79 Å². The van der Waals surface area contributed by atoms with Crippen LogP contribution in [0.2, 0.25) is 0 Å². The number of nitrogens with zero attached hydrogens (tertiary/aromatic N) is 3. The summed E-state index contributed by atoms with van der Waals surface area (Å²) in [5.41, 5.74) is 8.54. The van der Waals surface area contributed by atoms with Gasteiger partial charge in [0.05, 0.1) is 17.4 Å². The molecule has 0 radical (unpaired) electrons. The van der Waals surface area contributed by atoms with Crippen molar-refractivity contribution in [2.45, 2.75) is 40.7 Å². The molecule has 3 N–H and O–H groups in total. The Labute approximate surface area is 151 Å². The highest BCUT2D eigenvalue weighted by Crippen LogP contribution is 2.35. The molecule has 8 heteroatoms. The van der Waals surface area contributed by atoms with E-state index in [1.54, 1.807) is 11.9 Å². The first-order valence-electron chi connectivity index (χ1n) is 8.21. The van der Waals surface area contributed by atoms with Gasteiger partial charge in [0.15, 0.2) is 0 Å². The summed E-state index contributed by atoms with van der Waals surface area (Å²) in [6.45, 7) is 11.7. The Bertz CT molecular complexity index is 725. The van der Waals surface area contributed by atoms with Gasteiger partial charge in [-0.15, -0.1) is 16.4 Å². The summed E-state index contributed by atoms with van der Waals surface area (Å²) in [4.78, 5) is 13.7. The fourth-order valence-electron chi connectivity index (χ4n) is 2.48. The lowest BCUT2D eigenvalue weighted by Crippen LogP contribution is -2.56. The molecule has 0 saturated carbocycles. The van der Waals surface area contributed by atoms with Gasteiger partial charge in [0, 0.05) is 24.2 Å². The van der Waals surface area contributed by atoms with Gasteiger partial charge in [0.25, 0.3) is 5.91 Å². The average molecular weight is 368 g/mol. The molecule has 3 heterocycles. The van der Waals surface area contributed by atoms with Crippen LogP contribution in [0.25, 0.3) is 10.2 Å². The van der Waals surface area contributed by atoms with E-state index in [1.165, 1.54) is 11.3 Å². The highest BCUT2D eigenvalue weighted by molar-refractivity contribution is 7.97. The molecule has 1 saturated heterocycles. The minimum absolute atomic E-state index is 0.108. The Kier molecular flexibility index (Phi) is 6.42. The van der Waals surface area contributed by atoms with Crippen LogP contribution in [-0.4, -0.2) is 45.3 Å². The number of nitrogens with two attached hydrogens (primary N) is 1. The van der Waals surface area contributed by atoms with Gasteiger partial charge in [0.1, 0.15) is 9.71 Å². The quantitative estimate of drug-likeness (QED) is 0.808. The smallest absolute Gasteiger partial charge is 0.263 e. The zero-order chi connectivity index (χ0) is 17.9.